The predicted octanol–water partition coefficient (Wildman–Crippen LogP) is 1.62. The van der Waals surface area contributed by atoms with E-state index in [2.05, 4.69) is 10.6 Å². The molecule has 0 spiro atoms. The monoisotopic (exact) mass is 288 g/mol. The average Bonchev–Trinajstić information content (AvgIpc) is 2.81. The van der Waals surface area contributed by atoms with Gasteiger partial charge in [-0.3, -0.25) is 29.8 Å². The van der Waals surface area contributed by atoms with E-state index in [1.54, 1.807) is 13.0 Å². The first-order chi connectivity index (χ1) is 8.47. The van der Waals surface area contributed by atoms with Gasteiger partial charge >= 0.3 is 0 Å². The maximum atomic E-state index is 10.7. The molecule has 0 saturated carbocycles. The molecule has 2 rings (SSSR count). The van der Waals surface area contributed by atoms with Gasteiger partial charge < -0.3 is 0 Å². The SMILES string of the molecule is C/C=C1\SC(=O)NC1=O.CCC1SC(=O)NC1=O. The fourth-order valence-corrected chi connectivity index (χ4v) is 2.53. The molecule has 4 amide bonds. The van der Waals surface area contributed by atoms with E-state index in [9.17, 15) is 19.2 Å². The molecule has 2 aliphatic rings. The van der Waals surface area contributed by atoms with Gasteiger partial charge in [-0.05, 0) is 25.1 Å². The fraction of sp³-hybridized carbons (Fsp3) is 0.400. The molecule has 0 radical (unpaired) electrons. The zero-order valence-corrected chi connectivity index (χ0v) is 11.4. The van der Waals surface area contributed by atoms with Gasteiger partial charge in [0.1, 0.15) is 0 Å². The normalized spacial score (nSPS) is 24.8. The Bertz CT molecular complexity index is 434. The van der Waals surface area contributed by atoms with Crippen molar-refractivity contribution in [2.24, 2.45) is 0 Å². The minimum Gasteiger partial charge on any atom is -0.286 e. The van der Waals surface area contributed by atoms with Crippen molar-refractivity contribution in [2.45, 2.75) is 25.5 Å². The molecule has 2 aliphatic heterocycles. The highest BCUT2D eigenvalue weighted by Crippen LogP contribution is 2.22. The van der Waals surface area contributed by atoms with Gasteiger partial charge in [-0.15, -0.1) is 0 Å². The third kappa shape index (κ3) is 3.88. The van der Waals surface area contributed by atoms with Crippen molar-refractivity contribution >= 4 is 45.8 Å². The fourth-order valence-electron chi connectivity index (χ4n) is 1.18. The summed E-state index contributed by atoms with van der Waals surface area (Å²) in [4.78, 5) is 42.6. The zero-order valence-electron chi connectivity index (χ0n) is 9.81. The second kappa shape index (κ2) is 6.60. The van der Waals surface area contributed by atoms with Crippen LogP contribution in [0.1, 0.15) is 20.3 Å². The van der Waals surface area contributed by atoms with E-state index in [4.69, 9.17) is 0 Å². The number of rotatable bonds is 1. The van der Waals surface area contributed by atoms with Crippen LogP contribution in [0.2, 0.25) is 0 Å². The molecule has 6 nitrogen and oxygen atoms in total. The number of hydrogen-bond donors (Lipinski definition) is 2. The Labute approximate surface area is 112 Å². The van der Waals surface area contributed by atoms with Gasteiger partial charge in [0, 0.05) is 0 Å². The lowest BCUT2D eigenvalue weighted by Gasteiger charge is -1.94. The summed E-state index contributed by atoms with van der Waals surface area (Å²) in [6, 6.07) is 0. The summed E-state index contributed by atoms with van der Waals surface area (Å²) in [6.45, 7) is 3.61. The number of thioether (sulfide) groups is 2. The molecule has 2 saturated heterocycles. The molecule has 0 aliphatic carbocycles. The van der Waals surface area contributed by atoms with Crippen LogP contribution in [0.4, 0.5) is 9.59 Å². The molecule has 0 aromatic carbocycles. The summed E-state index contributed by atoms with van der Waals surface area (Å²) < 4.78 is 0. The topological polar surface area (TPSA) is 92.3 Å². The van der Waals surface area contributed by atoms with Crippen molar-refractivity contribution in [1.82, 2.24) is 10.6 Å². The van der Waals surface area contributed by atoms with Crippen LogP contribution < -0.4 is 10.6 Å². The number of allylic oxidation sites excluding steroid dienone is 1. The summed E-state index contributed by atoms with van der Waals surface area (Å²) in [5.41, 5.74) is 0. The van der Waals surface area contributed by atoms with Crippen LogP contribution in [0.15, 0.2) is 11.0 Å². The Balaban J connectivity index is 0.000000180. The first-order valence-electron chi connectivity index (χ1n) is 5.18. The van der Waals surface area contributed by atoms with E-state index in [1.807, 2.05) is 6.92 Å². The quantitative estimate of drug-likeness (QED) is 0.712. The third-order valence-electron chi connectivity index (χ3n) is 2.04. The first-order valence-corrected chi connectivity index (χ1v) is 6.88. The highest BCUT2D eigenvalue weighted by Gasteiger charge is 2.29. The molecule has 98 valence electrons. The van der Waals surface area contributed by atoms with Crippen molar-refractivity contribution in [3.8, 4) is 0 Å². The maximum absolute atomic E-state index is 10.7. The number of carbonyl (C=O) groups excluding carboxylic acids is 4. The van der Waals surface area contributed by atoms with Crippen LogP contribution in [-0.2, 0) is 9.59 Å². The number of amides is 4. The molecule has 1 unspecified atom stereocenters. The second-order valence-corrected chi connectivity index (χ2v) is 5.48. The number of imide groups is 2. The van der Waals surface area contributed by atoms with Gasteiger partial charge in [-0.2, -0.15) is 0 Å². The smallest absolute Gasteiger partial charge is 0.286 e. The lowest BCUT2D eigenvalue weighted by Crippen LogP contribution is -2.23. The van der Waals surface area contributed by atoms with Crippen LogP contribution in [0.5, 0.6) is 0 Å². The summed E-state index contributed by atoms with van der Waals surface area (Å²) in [6.07, 6.45) is 2.34. The van der Waals surface area contributed by atoms with E-state index in [-0.39, 0.29) is 27.5 Å². The summed E-state index contributed by atoms with van der Waals surface area (Å²) >= 11 is 2.01. The third-order valence-corrected chi connectivity index (χ3v) is 4.12. The number of nitrogens with one attached hydrogen (secondary N) is 2. The molecule has 0 aromatic heterocycles. The Morgan fingerprint density at radius 2 is 1.83 bits per heavy atom. The van der Waals surface area contributed by atoms with E-state index >= 15 is 0 Å². The van der Waals surface area contributed by atoms with Gasteiger partial charge in [0.15, 0.2) is 0 Å². The van der Waals surface area contributed by atoms with E-state index in [1.165, 1.54) is 0 Å². The standard InChI is InChI=1S/C5H7NO2S.C5H5NO2S/c2*1-2-3-4(7)6-5(8)9-3/h3H,2H2,1H3,(H,6,7,8);2H,1H3,(H,6,7,8)/b;3-2-. The van der Waals surface area contributed by atoms with Crippen LogP contribution >= 0.6 is 23.5 Å². The summed E-state index contributed by atoms with van der Waals surface area (Å²) in [5.74, 6) is -0.431. The first kappa shape index (κ1) is 14.8. The molecule has 2 N–H and O–H groups in total. The Kier molecular flexibility index (Phi) is 5.42. The zero-order chi connectivity index (χ0) is 13.7. The van der Waals surface area contributed by atoms with Crippen molar-refractivity contribution in [3.63, 3.8) is 0 Å². The Hall–Kier alpha value is -1.28. The molecule has 2 fully saturated rings. The Morgan fingerprint density at radius 1 is 1.17 bits per heavy atom. The van der Waals surface area contributed by atoms with Crippen LogP contribution in [0.25, 0.3) is 0 Å². The molecular formula is C10H12N2O4S2. The summed E-state index contributed by atoms with van der Waals surface area (Å²) in [5, 5.41) is 3.70. The lowest BCUT2D eigenvalue weighted by atomic mass is 10.3. The molecule has 18 heavy (non-hydrogen) atoms. The van der Waals surface area contributed by atoms with Gasteiger partial charge in [0.25, 0.3) is 16.4 Å². The maximum Gasteiger partial charge on any atom is 0.290 e. The predicted molar refractivity (Wildman–Crippen MR) is 70.1 cm³/mol. The van der Waals surface area contributed by atoms with E-state index < -0.39 is 0 Å². The summed E-state index contributed by atoms with van der Waals surface area (Å²) in [7, 11) is 0. The second-order valence-electron chi connectivity index (χ2n) is 3.29. The van der Waals surface area contributed by atoms with Crippen LogP contribution in [0.3, 0.4) is 0 Å². The molecule has 2 heterocycles. The van der Waals surface area contributed by atoms with Crippen molar-refractivity contribution in [1.29, 1.82) is 0 Å². The highest BCUT2D eigenvalue weighted by atomic mass is 32.2. The molecular weight excluding hydrogens is 276 g/mol. The Morgan fingerprint density at radius 3 is 2.06 bits per heavy atom. The van der Waals surface area contributed by atoms with Crippen molar-refractivity contribution in [3.05, 3.63) is 11.0 Å². The van der Waals surface area contributed by atoms with Crippen molar-refractivity contribution < 1.29 is 19.2 Å². The van der Waals surface area contributed by atoms with Crippen molar-refractivity contribution in [2.75, 3.05) is 0 Å². The van der Waals surface area contributed by atoms with Crippen LogP contribution in [-0.4, -0.2) is 27.5 Å². The number of carbonyl (C=O) groups is 4. The molecule has 0 aromatic rings. The molecule has 8 heteroatoms. The largest absolute Gasteiger partial charge is 0.290 e. The van der Waals surface area contributed by atoms with E-state index in [0.29, 0.717) is 4.91 Å². The minimum absolute atomic E-state index is 0.141. The van der Waals surface area contributed by atoms with Crippen LogP contribution in [0, 0.1) is 0 Å². The van der Waals surface area contributed by atoms with Gasteiger partial charge in [0.05, 0.1) is 10.2 Å². The van der Waals surface area contributed by atoms with E-state index in [0.717, 1.165) is 29.9 Å². The molecule has 1 atom stereocenters. The van der Waals surface area contributed by atoms with Gasteiger partial charge in [-0.1, -0.05) is 24.8 Å². The van der Waals surface area contributed by atoms with Gasteiger partial charge in [0.2, 0.25) is 5.91 Å². The molecule has 0 bridgehead atoms. The average molecular weight is 288 g/mol. The van der Waals surface area contributed by atoms with Gasteiger partial charge in [-0.25, -0.2) is 0 Å². The number of hydrogen-bond acceptors (Lipinski definition) is 6. The highest BCUT2D eigenvalue weighted by molar-refractivity contribution is 8.18. The lowest BCUT2D eigenvalue weighted by molar-refractivity contribution is -0.119. The minimum atomic E-state index is -0.285.